The molecule has 2 bridgehead atoms. The van der Waals surface area contributed by atoms with Crippen molar-refractivity contribution < 1.29 is 5.11 Å². The van der Waals surface area contributed by atoms with Crippen molar-refractivity contribution in [1.82, 2.24) is 5.32 Å². The van der Waals surface area contributed by atoms with E-state index >= 15 is 0 Å². The first-order chi connectivity index (χ1) is 3.86. The van der Waals surface area contributed by atoms with Gasteiger partial charge in [-0.3, -0.25) is 0 Å². The number of piperidine rings is 1. The van der Waals surface area contributed by atoms with Gasteiger partial charge in [-0.2, -0.15) is 0 Å². The van der Waals surface area contributed by atoms with Gasteiger partial charge in [0.1, 0.15) is 0 Å². The van der Waals surface area contributed by atoms with Gasteiger partial charge in [-0.1, -0.05) is 0 Å². The summed E-state index contributed by atoms with van der Waals surface area (Å²) in [5.41, 5.74) is 0. The van der Waals surface area contributed by atoms with Crippen molar-refractivity contribution in [3.63, 3.8) is 0 Å². The largest absolute Gasteiger partial charge is 0.393 e. The van der Waals surface area contributed by atoms with E-state index in [2.05, 4.69) is 5.32 Å². The lowest BCUT2D eigenvalue weighted by Crippen LogP contribution is -2.32. The predicted octanol–water partition coefficient (Wildman–Crippen LogP) is 0.151. The molecular formula is C6H12ClNO. The molecule has 1 heterocycles. The molecule has 0 amide bonds. The molecule has 2 N–H and O–H groups in total. The van der Waals surface area contributed by atoms with E-state index in [-0.39, 0.29) is 18.5 Å². The topological polar surface area (TPSA) is 32.3 Å². The normalized spacial score (nSPS) is 47.0. The van der Waals surface area contributed by atoms with Crippen LogP contribution in [0.3, 0.4) is 0 Å². The smallest absolute Gasteiger partial charge is 0.0595 e. The molecule has 3 atom stereocenters. The Kier molecular flexibility index (Phi) is 1.99. The minimum atomic E-state index is 0. The summed E-state index contributed by atoms with van der Waals surface area (Å²) in [6.07, 6.45) is 2.22. The van der Waals surface area contributed by atoms with Gasteiger partial charge in [-0.15, -0.1) is 12.4 Å². The Balaban J connectivity index is 0.000000405. The van der Waals surface area contributed by atoms with Crippen molar-refractivity contribution in [3.8, 4) is 0 Å². The number of rotatable bonds is 0. The molecule has 54 valence electrons. The molecule has 0 aromatic carbocycles. The number of halogens is 1. The Labute approximate surface area is 61.0 Å². The maximum absolute atomic E-state index is 9.18. The van der Waals surface area contributed by atoms with Gasteiger partial charge in [-0.05, 0) is 18.8 Å². The summed E-state index contributed by atoms with van der Waals surface area (Å²) in [6, 6.07) is 0.648. The number of aliphatic hydroxyl groups is 1. The van der Waals surface area contributed by atoms with Crippen LogP contribution in [0, 0.1) is 5.92 Å². The molecule has 1 aliphatic carbocycles. The molecule has 0 aromatic rings. The molecule has 0 spiro atoms. The minimum Gasteiger partial charge on any atom is -0.393 e. The molecule has 2 aliphatic rings. The Morgan fingerprint density at radius 2 is 2.11 bits per heavy atom. The van der Waals surface area contributed by atoms with Gasteiger partial charge in [0, 0.05) is 12.6 Å². The number of nitrogens with one attached hydrogen (secondary N) is 1. The maximum atomic E-state index is 9.18. The number of aliphatic hydroxyl groups excluding tert-OH is 1. The molecule has 1 saturated heterocycles. The third-order valence-corrected chi connectivity index (χ3v) is 2.33. The van der Waals surface area contributed by atoms with Gasteiger partial charge in [0.15, 0.2) is 0 Å². The fourth-order valence-electron chi connectivity index (χ4n) is 1.81. The molecular weight excluding hydrogens is 138 g/mol. The fraction of sp³-hybridized carbons (Fsp3) is 1.00. The average Bonchev–Trinajstić information content (AvgIpc) is 2.23. The third-order valence-electron chi connectivity index (χ3n) is 2.33. The van der Waals surface area contributed by atoms with E-state index in [1.807, 2.05) is 0 Å². The van der Waals surface area contributed by atoms with Crippen molar-refractivity contribution >= 4 is 12.4 Å². The van der Waals surface area contributed by atoms with E-state index in [0.29, 0.717) is 12.0 Å². The van der Waals surface area contributed by atoms with E-state index in [0.717, 1.165) is 13.0 Å². The standard InChI is InChI=1S/C6H11NO.ClH/c8-6-2-5-1-4(6)3-7-5;/h4-8H,1-3H2;1H. The second kappa shape index (κ2) is 2.45. The lowest BCUT2D eigenvalue weighted by atomic mass is 10.1. The number of hydrogen-bond donors (Lipinski definition) is 2. The molecule has 0 aromatic heterocycles. The van der Waals surface area contributed by atoms with Crippen molar-refractivity contribution in [3.05, 3.63) is 0 Å². The lowest BCUT2D eigenvalue weighted by molar-refractivity contribution is 0.121. The summed E-state index contributed by atoms with van der Waals surface area (Å²) in [5.74, 6) is 0.583. The quantitative estimate of drug-likeness (QED) is 0.514. The maximum Gasteiger partial charge on any atom is 0.0595 e. The molecule has 2 fully saturated rings. The minimum absolute atomic E-state index is 0. The predicted molar refractivity (Wildman–Crippen MR) is 37.8 cm³/mol. The second-order valence-electron chi connectivity index (χ2n) is 2.90. The van der Waals surface area contributed by atoms with Gasteiger partial charge >= 0.3 is 0 Å². The van der Waals surface area contributed by atoms with Crippen LogP contribution in [-0.2, 0) is 0 Å². The van der Waals surface area contributed by atoms with E-state index in [1.54, 1.807) is 0 Å². The van der Waals surface area contributed by atoms with Crippen LogP contribution in [-0.4, -0.2) is 23.8 Å². The zero-order valence-corrected chi connectivity index (χ0v) is 6.03. The average molecular weight is 150 g/mol. The van der Waals surface area contributed by atoms with Crippen molar-refractivity contribution in [2.45, 2.75) is 25.0 Å². The highest BCUT2D eigenvalue weighted by Gasteiger charge is 2.37. The van der Waals surface area contributed by atoms with Crippen LogP contribution in [0.1, 0.15) is 12.8 Å². The first-order valence-electron chi connectivity index (χ1n) is 3.28. The van der Waals surface area contributed by atoms with Gasteiger partial charge in [0.05, 0.1) is 6.10 Å². The van der Waals surface area contributed by atoms with E-state index in [1.165, 1.54) is 6.42 Å². The number of hydrogen-bond acceptors (Lipinski definition) is 2. The summed E-state index contributed by atoms with van der Waals surface area (Å²) in [6.45, 7) is 1.05. The van der Waals surface area contributed by atoms with Gasteiger partial charge in [0.25, 0.3) is 0 Å². The van der Waals surface area contributed by atoms with Crippen LogP contribution in [0.2, 0.25) is 0 Å². The highest BCUT2D eigenvalue weighted by Crippen LogP contribution is 2.30. The molecule has 9 heavy (non-hydrogen) atoms. The SMILES string of the molecule is Cl.OC1CC2CC1CN2. The molecule has 0 radical (unpaired) electrons. The lowest BCUT2D eigenvalue weighted by Gasteiger charge is -2.15. The van der Waals surface area contributed by atoms with E-state index < -0.39 is 0 Å². The zero-order chi connectivity index (χ0) is 5.56. The third kappa shape index (κ3) is 1.07. The van der Waals surface area contributed by atoms with Crippen molar-refractivity contribution in [2.75, 3.05) is 6.54 Å². The molecule has 2 rings (SSSR count). The van der Waals surface area contributed by atoms with Crippen LogP contribution < -0.4 is 5.32 Å². The van der Waals surface area contributed by atoms with Gasteiger partial charge < -0.3 is 10.4 Å². The highest BCUT2D eigenvalue weighted by atomic mass is 35.5. The Morgan fingerprint density at radius 1 is 1.33 bits per heavy atom. The van der Waals surface area contributed by atoms with Crippen LogP contribution in [0.25, 0.3) is 0 Å². The summed E-state index contributed by atoms with van der Waals surface area (Å²) >= 11 is 0. The summed E-state index contributed by atoms with van der Waals surface area (Å²) < 4.78 is 0. The summed E-state index contributed by atoms with van der Waals surface area (Å²) in [4.78, 5) is 0. The van der Waals surface area contributed by atoms with Crippen molar-refractivity contribution in [1.29, 1.82) is 0 Å². The molecule has 3 heteroatoms. The van der Waals surface area contributed by atoms with E-state index in [9.17, 15) is 5.11 Å². The second-order valence-corrected chi connectivity index (χ2v) is 2.90. The first kappa shape index (κ1) is 7.32. The Hall–Kier alpha value is 0.210. The molecule has 3 unspecified atom stereocenters. The highest BCUT2D eigenvalue weighted by molar-refractivity contribution is 5.85. The van der Waals surface area contributed by atoms with Gasteiger partial charge in [0.2, 0.25) is 0 Å². The Morgan fingerprint density at radius 3 is 2.33 bits per heavy atom. The van der Waals surface area contributed by atoms with E-state index in [4.69, 9.17) is 0 Å². The van der Waals surface area contributed by atoms with Crippen LogP contribution in [0.4, 0.5) is 0 Å². The summed E-state index contributed by atoms with van der Waals surface area (Å²) in [7, 11) is 0. The van der Waals surface area contributed by atoms with Crippen LogP contribution in [0.15, 0.2) is 0 Å². The first-order valence-corrected chi connectivity index (χ1v) is 3.28. The number of fused-ring (bicyclic) bond motifs is 2. The van der Waals surface area contributed by atoms with Crippen LogP contribution >= 0.6 is 12.4 Å². The fourth-order valence-corrected chi connectivity index (χ4v) is 1.81. The Bertz CT molecular complexity index is 107. The molecule has 1 saturated carbocycles. The van der Waals surface area contributed by atoms with Crippen molar-refractivity contribution in [2.24, 2.45) is 5.92 Å². The van der Waals surface area contributed by atoms with Gasteiger partial charge in [-0.25, -0.2) is 0 Å². The van der Waals surface area contributed by atoms with Crippen LogP contribution in [0.5, 0.6) is 0 Å². The molecule has 2 nitrogen and oxygen atoms in total. The molecule has 1 aliphatic heterocycles. The monoisotopic (exact) mass is 149 g/mol. The zero-order valence-electron chi connectivity index (χ0n) is 5.21. The summed E-state index contributed by atoms with van der Waals surface area (Å²) in [5, 5.41) is 12.5.